The van der Waals surface area contributed by atoms with Crippen molar-refractivity contribution < 1.29 is 4.79 Å². The molecule has 0 fully saturated rings. The van der Waals surface area contributed by atoms with Crippen LogP contribution in [0.2, 0.25) is 0 Å². The maximum Gasteiger partial charge on any atom is 0.258 e. The molecule has 0 aliphatic rings. The van der Waals surface area contributed by atoms with E-state index in [2.05, 4.69) is 53.1 Å². The molecule has 6 N–H and O–H groups in total. The lowest BCUT2D eigenvalue weighted by atomic mass is 10.2. The molecule has 0 saturated heterocycles. The van der Waals surface area contributed by atoms with E-state index >= 15 is 0 Å². The molecular weight excluding hydrogens is 474 g/mol. The molecule has 0 atom stereocenters. The van der Waals surface area contributed by atoms with Crippen LogP contribution in [0.1, 0.15) is 5.56 Å². The van der Waals surface area contributed by atoms with Crippen LogP contribution in [0.4, 0.5) is 11.1 Å². The Balaban J connectivity index is 1.48. The number of hydrogen-bond donors (Lipinski definition) is 4. The Kier molecular flexibility index (Phi) is 6.89. The molecular formula is C13H14BrN9OS3. The lowest BCUT2D eigenvalue weighted by molar-refractivity contribution is -0.113. The van der Waals surface area contributed by atoms with Gasteiger partial charge in [0.05, 0.1) is 5.75 Å². The molecule has 3 aromatic rings. The van der Waals surface area contributed by atoms with Gasteiger partial charge in [-0.2, -0.15) is 0 Å². The van der Waals surface area contributed by atoms with Gasteiger partial charge in [-0.15, -0.1) is 20.4 Å². The third-order valence-electron chi connectivity index (χ3n) is 3.03. The summed E-state index contributed by atoms with van der Waals surface area (Å²) >= 11 is 7.46. The number of nitrogens with zero attached hydrogens (tertiary/aromatic N) is 5. The first-order chi connectivity index (χ1) is 13.0. The molecule has 1 aromatic carbocycles. The van der Waals surface area contributed by atoms with Gasteiger partial charge in [-0.3, -0.25) is 15.5 Å². The molecule has 0 saturated carbocycles. The van der Waals surface area contributed by atoms with Crippen molar-refractivity contribution >= 4 is 67.8 Å². The highest BCUT2D eigenvalue weighted by Crippen LogP contribution is 2.29. The Bertz CT molecular complexity index is 931. The van der Waals surface area contributed by atoms with Crippen LogP contribution in [0.5, 0.6) is 0 Å². The minimum Gasteiger partial charge on any atom is -0.334 e. The minimum atomic E-state index is -0.245. The molecule has 0 aliphatic carbocycles. The van der Waals surface area contributed by atoms with Gasteiger partial charge >= 0.3 is 0 Å². The van der Waals surface area contributed by atoms with E-state index in [-0.39, 0.29) is 17.6 Å². The molecule has 14 heteroatoms. The molecule has 27 heavy (non-hydrogen) atoms. The van der Waals surface area contributed by atoms with Crippen molar-refractivity contribution in [2.45, 2.75) is 15.2 Å². The summed E-state index contributed by atoms with van der Waals surface area (Å²) in [5.74, 6) is 11.8. The van der Waals surface area contributed by atoms with Gasteiger partial charge in [-0.1, -0.05) is 62.9 Å². The summed E-state index contributed by atoms with van der Waals surface area (Å²) in [5.41, 5.74) is 3.47. The van der Waals surface area contributed by atoms with Crippen molar-refractivity contribution in [3.63, 3.8) is 0 Å². The molecule has 2 heterocycles. The highest BCUT2D eigenvalue weighted by molar-refractivity contribution is 9.10. The number of carbonyl (C=O) groups excluding carboxylic acids is 1. The number of benzene rings is 1. The van der Waals surface area contributed by atoms with Gasteiger partial charge in [0, 0.05) is 10.2 Å². The van der Waals surface area contributed by atoms with Crippen LogP contribution in [0, 0.1) is 0 Å². The fraction of sp³-hybridized carbons (Fsp3) is 0.154. The highest BCUT2D eigenvalue weighted by Gasteiger charge is 2.13. The summed E-state index contributed by atoms with van der Waals surface area (Å²) < 4.78 is 2.98. The lowest BCUT2D eigenvalue weighted by Crippen LogP contribution is -2.19. The van der Waals surface area contributed by atoms with Gasteiger partial charge in [0.1, 0.15) is 0 Å². The molecule has 0 unspecified atom stereocenters. The first-order valence-corrected chi connectivity index (χ1v) is 10.9. The quantitative estimate of drug-likeness (QED) is 0.160. The van der Waals surface area contributed by atoms with Crippen LogP contribution < -0.4 is 22.4 Å². The van der Waals surface area contributed by atoms with Crippen molar-refractivity contribution in [1.82, 2.24) is 25.1 Å². The number of nitrogens with two attached hydrogens (primary N) is 2. The van der Waals surface area contributed by atoms with Crippen molar-refractivity contribution in [3.8, 4) is 0 Å². The lowest BCUT2D eigenvalue weighted by Gasteiger charge is -2.02. The Morgan fingerprint density at radius 1 is 1.26 bits per heavy atom. The molecule has 0 aliphatic heterocycles. The summed E-state index contributed by atoms with van der Waals surface area (Å²) in [6.45, 7) is 0. The smallest absolute Gasteiger partial charge is 0.258 e. The van der Waals surface area contributed by atoms with Gasteiger partial charge in [-0.05, 0) is 17.7 Å². The van der Waals surface area contributed by atoms with Crippen molar-refractivity contribution in [2.24, 2.45) is 5.84 Å². The van der Waals surface area contributed by atoms with Crippen molar-refractivity contribution in [2.75, 3.05) is 22.3 Å². The first kappa shape index (κ1) is 19.9. The summed E-state index contributed by atoms with van der Waals surface area (Å²) in [7, 11) is 0. The maximum atomic E-state index is 12.1. The molecule has 0 radical (unpaired) electrons. The van der Waals surface area contributed by atoms with Crippen molar-refractivity contribution in [1.29, 1.82) is 0 Å². The number of hydrogen-bond acceptors (Lipinski definition) is 11. The number of anilines is 2. The number of rotatable bonds is 8. The van der Waals surface area contributed by atoms with Crippen LogP contribution in [0.25, 0.3) is 0 Å². The molecule has 0 spiro atoms. The standard InChI is InChI=1S/C13H14BrN9OS3/c14-8-3-1-2-7(4-8)5-26-13-22-20-11(27-13)17-9(24)6-25-12-21-19-10(18-15)23(12)16/h1-4H,5-6,15-16H2,(H,18,19)(H,17,20,24). The number of hydrazine groups is 1. The zero-order chi connectivity index (χ0) is 19.2. The zero-order valence-corrected chi connectivity index (χ0v) is 17.7. The molecule has 3 rings (SSSR count). The number of thioether (sulfide) groups is 2. The summed E-state index contributed by atoms with van der Waals surface area (Å²) in [6, 6.07) is 8.06. The number of nitrogens with one attached hydrogen (secondary N) is 2. The number of halogens is 1. The summed E-state index contributed by atoms with van der Waals surface area (Å²) in [5, 5.41) is 19.1. The minimum absolute atomic E-state index is 0.0972. The fourth-order valence-electron chi connectivity index (χ4n) is 1.85. The Hall–Kier alpha value is -1.87. The van der Waals surface area contributed by atoms with E-state index in [0.717, 1.165) is 26.3 Å². The van der Waals surface area contributed by atoms with E-state index in [1.807, 2.05) is 18.2 Å². The molecule has 10 nitrogen and oxygen atoms in total. The third-order valence-corrected chi connectivity index (χ3v) is 6.51. The second-order valence-electron chi connectivity index (χ2n) is 4.95. The largest absolute Gasteiger partial charge is 0.334 e. The first-order valence-electron chi connectivity index (χ1n) is 7.35. The van der Waals surface area contributed by atoms with E-state index < -0.39 is 0 Å². The topological polar surface area (TPSA) is 150 Å². The predicted molar refractivity (Wildman–Crippen MR) is 111 cm³/mol. The van der Waals surface area contributed by atoms with E-state index in [1.54, 1.807) is 11.8 Å². The molecule has 1 amide bonds. The number of aromatic nitrogens is 5. The second-order valence-corrected chi connectivity index (χ2v) is 9.01. The van der Waals surface area contributed by atoms with Gasteiger partial charge in [-0.25, -0.2) is 10.5 Å². The monoisotopic (exact) mass is 487 g/mol. The SMILES string of the molecule is NNc1nnc(SCC(=O)Nc2nnc(SCc3cccc(Br)c3)s2)n1N. The van der Waals surface area contributed by atoms with Crippen LogP contribution in [0.3, 0.4) is 0 Å². The van der Waals surface area contributed by atoms with E-state index in [1.165, 1.54) is 21.6 Å². The van der Waals surface area contributed by atoms with Gasteiger partial charge in [0.15, 0.2) is 4.34 Å². The maximum absolute atomic E-state index is 12.1. The molecule has 0 bridgehead atoms. The fourth-order valence-corrected chi connectivity index (χ4v) is 4.66. The highest BCUT2D eigenvalue weighted by atomic mass is 79.9. The van der Waals surface area contributed by atoms with E-state index in [4.69, 9.17) is 11.7 Å². The molecule has 2 aromatic heterocycles. The van der Waals surface area contributed by atoms with Gasteiger partial charge < -0.3 is 5.84 Å². The Labute approximate surface area is 175 Å². The average Bonchev–Trinajstić information content (AvgIpc) is 3.24. The zero-order valence-electron chi connectivity index (χ0n) is 13.6. The molecule has 142 valence electrons. The number of amides is 1. The van der Waals surface area contributed by atoms with Gasteiger partial charge in [0.25, 0.3) is 5.95 Å². The predicted octanol–water partition coefficient (Wildman–Crippen LogP) is 1.91. The van der Waals surface area contributed by atoms with Crippen molar-refractivity contribution in [3.05, 3.63) is 34.3 Å². The Morgan fingerprint density at radius 3 is 2.85 bits per heavy atom. The second kappa shape index (κ2) is 9.36. The summed E-state index contributed by atoms with van der Waals surface area (Å²) in [4.78, 5) is 12.1. The summed E-state index contributed by atoms with van der Waals surface area (Å²) in [6.07, 6.45) is 0. The van der Waals surface area contributed by atoms with Crippen LogP contribution in [-0.2, 0) is 10.5 Å². The van der Waals surface area contributed by atoms with Gasteiger partial charge in [0.2, 0.25) is 16.2 Å². The van der Waals surface area contributed by atoms with E-state index in [0.29, 0.717) is 10.3 Å². The van der Waals surface area contributed by atoms with Crippen LogP contribution in [-0.4, -0.2) is 36.7 Å². The normalized spacial score (nSPS) is 10.7. The van der Waals surface area contributed by atoms with E-state index in [9.17, 15) is 4.79 Å². The Morgan fingerprint density at radius 2 is 2.11 bits per heavy atom. The average molecular weight is 488 g/mol. The third kappa shape index (κ3) is 5.55. The number of carbonyl (C=O) groups is 1. The van der Waals surface area contributed by atoms with Crippen LogP contribution in [0.15, 0.2) is 38.2 Å². The van der Waals surface area contributed by atoms with Crippen LogP contribution >= 0.6 is 50.8 Å². The number of nitrogen functional groups attached to an aromatic ring is 2.